The standard InChI is InChI=1S/C26H33ClN4O5/c1-18(2)21-17-36-22-9-8-19(27)15-20(22)26(35)28-11-4-6-13-31(16-23(32)29-21)25(34)10-14-30-12-5-3-7-24(30)33/h3,5,7-9,12,15,18,21H,4,6,10-11,13-14,16-17H2,1-2H3,(H,28,35)(H,29,32)/t21-/m0/s1. The number of hydrogen-bond acceptors (Lipinski definition) is 5. The molecule has 0 unspecified atom stereocenters. The fourth-order valence-corrected chi connectivity index (χ4v) is 4.02. The number of amides is 3. The zero-order valence-corrected chi connectivity index (χ0v) is 21.4. The molecule has 1 aromatic heterocycles. The van der Waals surface area contributed by atoms with Crippen LogP contribution in [-0.2, 0) is 16.1 Å². The zero-order chi connectivity index (χ0) is 26.1. The Morgan fingerprint density at radius 3 is 2.72 bits per heavy atom. The second-order valence-corrected chi connectivity index (χ2v) is 9.57. The molecule has 1 aliphatic heterocycles. The van der Waals surface area contributed by atoms with E-state index in [1.54, 1.807) is 36.5 Å². The van der Waals surface area contributed by atoms with Crippen molar-refractivity contribution in [2.75, 3.05) is 26.2 Å². The Hall–Kier alpha value is -3.33. The summed E-state index contributed by atoms with van der Waals surface area (Å²) in [5.41, 5.74) is 0.150. The molecule has 0 radical (unpaired) electrons. The summed E-state index contributed by atoms with van der Waals surface area (Å²) in [6.45, 7) is 4.96. The van der Waals surface area contributed by atoms with Crippen molar-refractivity contribution in [3.8, 4) is 5.75 Å². The third kappa shape index (κ3) is 7.84. The van der Waals surface area contributed by atoms with Gasteiger partial charge in [0, 0.05) is 43.3 Å². The van der Waals surface area contributed by atoms with Gasteiger partial charge in [-0.3, -0.25) is 19.2 Å². The molecule has 0 saturated heterocycles. The third-order valence-electron chi connectivity index (χ3n) is 6.05. The molecule has 0 bridgehead atoms. The summed E-state index contributed by atoms with van der Waals surface area (Å²) in [5.74, 6) is -0.367. The van der Waals surface area contributed by atoms with E-state index in [0.717, 1.165) is 0 Å². The maximum atomic E-state index is 13.0. The van der Waals surface area contributed by atoms with Crippen molar-refractivity contribution in [1.82, 2.24) is 20.1 Å². The highest BCUT2D eigenvalue weighted by molar-refractivity contribution is 6.31. The Kier molecular flexibility index (Phi) is 9.93. The lowest BCUT2D eigenvalue weighted by Gasteiger charge is -2.26. The van der Waals surface area contributed by atoms with Crippen LogP contribution >= 0.6 is 11.6 Å². The minimum atomic E-state index is -0.339. The number of hydrogen-bond donors (Lipinski definition) is 2. The molecule has 1 aromatic carbocycles. The fourth-order valence-electron chi connectivity index (χ4n) is 3.85. The number of rotatable bonds is 4. The number of nitrogens with one attached hydrogen (secondary N) is 2. The molecule has 2 aromatic rings. The normalized spacial score (nSPS) is 17.8. The van der Waals surface area contributed by atoms with Gasteiger partial charge in [0.25, 0.3) is 11.5 Å². The molecule has 36 heavy (non-hydrogen) atoms. The van der Waals surface area contributed by atoms with Crippen LogP contribution in [0.15, 0.2) is 47.4 Å². The maximum absolute atomic E-state index is 13.0. The maximum Gasteiger partial charge on any atom is 0.255 e. The molecule has 2 N–H and O–H groups in total. The molecule has 1 atom stereocenters. The minimum Gasteiger partial charge on any atom is -0.491 e. The summed E-state index contributed by atoms with van der Waals surface area (Å²) in [5, 5.41) is 6.26. The summed E-state index contributed by atoms with van der Waals surface area (Å²) < 4.78 is 7.41. The average molecular weight is 517 g/mol. The molecule has 1 aliphatic rings. The van der Waals surface area contributed by atoms with Crippen LogP contribution in [0.3, 0.4) is 0 Å². The highest BCUT2D eigenvalue weighted by Crippen LogP contribution is 2.23. The molecule has 194 valence electrons. The summed E-state index contributed by atoms with van der Waals surface area (Å²) in [6, 6.07) is 9.34. The van der Waals surface area contributed by atoms with E-state index in [4.69, 9.17) is 16.3 Å². The molecule has 0 aliphatic carbocycles. The van der Waals surface area contributed by atoms with Crippen LogP contribution in [0.25, 0.3) is 0 Å². The van der Waals surface area contributed by atoms with Gasteiger partial charge in [-0.2, -0.15) is 0 Å². The van der Waals surface area contributed by atoms with E-state index in [2.05, 4.69) is 10.6 Å². The Labute approximate surface area is 215 Å². The van der Waals surface area contributed by atoms with Gasteiger partial charge in [0.15, 0.2) is 0 Å². The monoisotopic (exact) mass is 516 g/mol. The third-order valence-corrected chi connectivity index (χ3v) is 6.28. The molecule has 0 spiro atoms. The largest absolute Gasteiger partial charge is 0.491 e. The van der Waals surface area contributed by atoms with E-state index in [1.807, 2.05) is 13.8 Å². The predicted octanol–water partition coefficient (Wildman–Crippen LogP) is 2.46. The van der Waals surface area contributed by atoms with Crippen LogP contribution in [0.4, 0.5) is 0 Å². The van der Waals surface area contributed by atoms with Crippen LogP contribution in [0.2, 0.25) is 5.02 Å². The first-order valence-electron chi connectivity index (χ1n) is 12.2. The number of halogens is 1. The SMILES string of the molecule is CC(C)[C@@H]1COc2ccc(Cl)cc2C(=O)NCCCCN(C(=O)CCn2ccccc2=O)CC(=O)N1. The lowest BCUT2D eigenvalue weighted by Crippen LogP contribution is -2.48. The van der Waals surface area contributed by atoms with Crippen molar-refractivity contribution in [2.45, 2.75) is 45.7 Å². The van der Waals surface area contributed by atoms with Crippen LogP contribution in [-0.4, -0.2) is 59.5 Å². The van der Waals surface area contributed by atoms with E-state index in [9.17, 15) is 19.2 Å². The fraction of sp³-hybridized carbons (Fsp3) is 0.462. The van der Waals surface area contributed by atoms with Crippen molar-refractivity contribution in [1.29, 1.82) is 0 Å². The van der Waals surface area contributed by atoms with Crippen molar-refractivity contribution < 1.29 is 19.1 Å². The minimum absolute atomic E-state index is 0.0447. The van der Waals surface area contributed by atoms with E-state index < -0.39 is 0 Å². The lowest BCUT2D eigenvalue weighted by molar-refractivity contribution is -0.136. The van der Waals surface area contributed by atoms with Crippen LogP contribution < -0.4 is 20.9 Å². The number of pyridine rings is 1. The van der Waals surface area contributed by atoms with Crippen molar-refractivity contribution in [3.05, 3.63) is 63.5 Å². The molecule has 10 heteroatoms. The Morgan fingerprint density at radius 2 is 1.97 bits per heavy atom. The zero-order valence-electron chi connectivity index (χ0n) is 20.7. The number of ether oxygens (including phenoxy) is 1. The summed E-state index contributed by atoms with van der Waals surface area (Å²) in [4.78, 5) is 52.1. The summed E-state index contributed by atoms with van der Waals surface area (Å²) >= 11 is 6.11. The van der Waals surface area contributed by atoms with E-state index in [1.165, 1.54) is 15.5 Å². The lowest BCUT2D eigenvalue weighted by atomic mass is 10.1. The van der Waals surface area contributed by atoms with Gasteiger partial charge in [-0.1, -0.05) is 31.5 Å². The number of benzene rings is 1. The Bertz CT molecular complexity index is 1130. The molecular weight excluding hydrogens is 484 g/mol. The number of carbonyl (C=O) groups is 3. The van der Waals surface area contributed by atoms with Gasteiger partial charge in [0.05, 0.1) is 18.2 Å². The van der Waals surface area contributed by atoms with Crippen LogP contribution in [0, 0.1) is 5.92 Å². The van der Waals surface area contributed by atoms with Crippen LogP contribution in [0.5, 0.6) is 5.75 Å². The van der Waals surface area contributed by atoms with Gasteiger partial charge in [0.2, 0.25) is 11.8 Å². The van der Waals surface area contributed by atoms with Gasteiger partial charge in [-0.05, 0) is 43.0 Å². The van der Waals surface area contributed by atoms with E-state index in [0.29, 0.717) is 42.3 Å². The summed E-state index contributed by atoms with van der Waals surface area (Å²) in [6.07, 6.45) is 2.94. The van der Waals surface area contributed by atoms with Crippen molar-refractivity contribution >= 4 is 29.3 Å². The second kappa shape index (κ2) is 13.1. The molecule has 0 saturated carbocycles. The number of nitrogens with zero attached hydrogens (tertiary/aromatic N) is 2. The summed E-state index contributed by atoms with van der Waals surface area (Å²) in [7, 11) is 0. The molecular formula is C26H33ClN4O5. The average Bonchev–Trinajstić information content (AvgIpc) is 2.85. The second-order valence-electron chi connectivity index (χ2n) is 9.13. The molecule has 0 fully saturated rings. The highest BCUT2D eigenvalue weighted by atomic mass is 35.5. The van der Waals surface area contributed by atoms with Gasteiger partial charge in [-0.25, -0.2) is 0 Å². The van der Waals surface area contributed by atoms with Crippen molar-refractivity contribution in [3.63, 3.8) is 0 Å². The number of fused-ring (bicyclic) bond motifs is 1. The Morgan fingerprint density at radius 1 is 1.17 bits per heavy atom. The Balaban J connectivity index is 1.74. The number of aryl methyl sites for hydroxylation is 1. The van der Waals surface area contributed by atoms with Gasteiger partial charge in [0.1, 0.15) is 12.4 Å². The highest BCUT2D eigenvalue weighted by Gasteiger charge is 2.23. The smallest absolute Gasteiger partial charge is 0.255 e. The number of carbonyl (C=O) groups excluding carboxylic acids is 3. The first-order chi connectivity index (χ1) is 17.2. The van der Waals surface area contributed by atoms with Crippen LogP contribution in [0.1, 0.15) is 43.5 Å². The van der Waals surface area contributed by atoms with E-state index in [-0.39, 0.29) is 61.4 Å². The van der Waals surface area contributed by atoms with E-state index >= 15 is 0 Å². The van der Waals surface area contributed by atoms with Gasteiger partial charge in [-0.15, -0.1) is 0 Å². The molecule has 3 rings (SSSR count). The first kappa shape index (κ1) is 27.3. The molecule has 9 nitrogen and oxygen atoms in total. The van der Waals surface area contributed by atoms with Gasteiger partial charge < -0.3 is 24.8 Å². The van der Waals surface area contributed by atoms with Crippen molar-refractivity contribution in [2.24, 2.45) is 5.92 Å². The predicted molar refractivity (Wildman–Crippen MR) is 137 cm³/mol. The first-order valence-corrected chi connectivity index (χ1v) is 12.6. The molecule has 2 heterocycles. The van der Waals surface area contributed by atoms with Gasteiger partial charge >= 0.3 is 0 Å². The quantitative estimate of drug-likeness (QED) is 0.648. The number of aromatic nitrogens is 1. The topological polar surface area (TPSA) is 110 Å². The molecule has 3 amide bonds.